The molecule has 0 aliphatic rings. The van der Waals surface area contributed by atoms with Crippen LogP contribution in [0.25, 0.3) is 0 Å². The molecule has 9 heavy (non-hydrogen) atoms. The molecular formula is C6H10N2O. The minimum atomic E-state index is 0.138. The van der Waals surface area contributed by atoms with Crippen molar-refractivity contribution in [2.24, 2.45) is 0 Å². The van der Waals surface area contributed by atoms with Gasteiger partial charge in [-0.15, -0.1) is 0 Å². The van der Waals surface area contributed by atoms with E-state index in [0.29, 0.717) is 5.92 Å². The quantitative estimate of drug-likeness (QED) is 0.594. The summed E-state index contributed by atoms with van der Waals surface area (Å²) in [6, 6.07) is 0. The van der Waals surface area contributed by atoms with Gasteiger partial charge in [-0.3, -0.25) is 0 Å². The summed E-state index contributed by atoms with van der Waals surface area (Å²) >= 11 is 0. The molecule has 0 spiro atoms. The molecule has 50 valence electrons. The highest BCUT2D eigenvalue weighted by atomic mass is 16.3. The van der Waals surface area contributed by atoms with Gasteiger partial charge < -0.3 is 10.1 Å². The molecule has 0 atom stereocenters. The fraction of sp³-hybridized carbons (Fsp3) is 0.500. The minimum absolute atomic E-state index is 0.138. The highest BCUT2D eigenvalue weighted by molar-refractivity contribution is 5.06. The average Bonchev–Trinajstić information content (AvgIpc) is 2.14. The number of aromatic nitrogens is 2. The number of nitrogens with one attached hydrogen (secondary N) is 1. The zero-order chi connectivity index (χ0) is 6.85. The molecular weight excluding hydrogens is 116 g/mol. The van der Waals surface area contributed by atoms with Gasteiger partial charge in [-0.2, -0.15) is 0 Å². The Bertz CT molecular complexity index is 193. The number of nitrogens with zero attached hydrogens (tertiary/aromatic N) is 1. The second-order valence-corrected chi connectivity index (χ2v) is 2.31. The highest BCUT2D eigenvalue weighted by Crippen LogP contribution is 2.11. The molecule has 0 saturated carbocycles. The van der Waals surface area contributed by atoms with Gasteiger partial charge in [0.05, 0.1) is 6.20 Å². The summed E-state index contributed by atoms with van der Waals surface area (Å²) in [4.78, 5) is 6.63. The van der Waals surface area contributed by atoms with Gasteiger partial charge in [-0.1, -0.05) is 13.8 Å². The maximum Gasteiger partial charge on any atom is 0.208 e. The minimum Gasteiger partial charge on any atom is -0.493 e. The van der Waals surface area contributed by atoms with Crippen molar-refractivity contribution in [3.8, 4) is 5.88 Å². The van der Waals surface area contributed by atoms with Crippen molar-refractivity contribution in [3.05, 3.63) is 12.0 Å². The van der Waals surface area contributed by atoms with E-state index in [-0.39, 0.29) is 5.88 Å². The van der Waals surface area contributed by atoms with Crippen LogP contribution < -0.4 is 0 Å². The Kier molecular flexibility index (Phi) is 1.42. The van der Waals surface area contributed by atoms with E-state index in [0.717, 1.165) is 5.82 Å². The van der Waals surface area contributed by atoms with Crippen molar-refractivity contribution in [3.63, 3.8) is 0 Å². The molecule has 3 nitrogen and oxygen atoms in total. The van der Waals surface area contributed by atoms with Gasteiger partial charge in [-0.05, 0) is 0 Å². The van der Waals surface area contributed by atoms with Crippen LogP contribution in [0.1, 0.15) is 25.6 Å². The summed E-state index contributed by atoms with van der Waals surface area (Å²) < 4.78 is 0. The fourth-order valence-electron chi connectivity index (χ4n) is 0.620. The maximum atomic E-state index is 8.78. The van der Waals surface area contributed by atoms with Crippen LogP contribution in [0.5, 0.6) is 5.88 Å². The van der Waals surface area contributed by atoms with Crippen LogP contribution in [0.3, 0.4) is 0 Å². The van der Waals surface area contributed by atoms with Crippen LogP contribution in [-0.4, -0.2) is 15.1 Å². The van der Waals surface area contributed by atoms with Gasteiger partial charge >= 0.3 is 0 Å². The Labute approximate surface area is 53.7 Å². The largest absolute Gasteiger partial charge is 0.493 e. The molecule has 2 N–H and O–H groups in total. The van der Waals surface area contributed by atoms with Crippen LogP contribution in [-0.2, 0) is 0 Å². The second kappa shape index (κ2) is 2.09. The lowest BCUT2D eigenvalue weighted by Crippen LogP contribution is -1.88. The van der Waals surface area contributed by atoms with E-state index in [1.807, 2.05) is 13.8 Å². The predicted octanol–water partition coefficient (Wildman–Crippen LogP) is 1.24. The number of hydrogen-bond donors (Lipinski definition) is 2. The molecule has 1 aromatic rings. The van der Waals surface area contributed by atoms with Gasteiger partial charge in [0.15, 0.2) is 0 Å². The lowest BCUT2D eigenvalue weighted by Gasteiger charge is -1.95. The SMILES string of the molecule is CC(C)c1ncc(O)[nH]1. The molecule has 0 aromatic carbocycles. The van der Waals surface area contributed by atoms with E-state index in [2.05, 4.69) is 9.97 Å². The van der Waals surface area contributed by atoms with Gasteiger partial charge in [0, 0.05) is 5.92 Å². The van der Waals surface area contributed by atoms with Crippen LogP contribution in [0, 0.1) is 0 Å². The molecule has 1 aromatic heterocycles. The van der Waals surface area contributed by atoms with E-state index in [4.69, 9.17) is 5.11 Å². The van der Waals surface area contributed by atoms with E-state index in [1.165, 1.54) is 6.20 Å². The molecule has 0 amide bonds. The van der Waals surface area contributed by atoms with Crippen molar-refractivity contribution >= 4 is 0 Å². The Balaban J connectivity index is 2.85. The van der Waals surface area contributed by atoms with E-state index in [1.54, 1.807) is 0 Å². The molecule has 0 aliphatic heterocycles. The summed E-state index contributed by atoms with van der Waals surface area (Å²) in [5.41, 5.74) is 0. The summed E-state index contributed by atoms with van der Waals surface area (Å²) in [6.07, 6.45) is 1.41. The first-order valence-corrected chi connectivity index (χ1v) is 2.94. The van der Waals surface area contributed by atoms with Gasteiger partial charge in [0.1, 0.15) is 5.82 Å². The molecule has 0 saturated heterocycles. The molecule has 0 aliphatic carbocycles. The second-order valence-electron chi connectivity index (χ2n) is 2.31. The van der Waals surface area contributed by atoms with Crippen LogP contribution in [0.15, 0.2) is 6.20 Å². The Morgan fingerprint density at radius 3 is 2.56 bits per heavy atom. The molecule has 3 heteroatoms. The molecule has 0 bridgehead atoms. The topological polar surface area (TPSA) is 48.9 Å². The predicted molar refractivity (Wildman–Crippen MR) is 34.3 cm³/mol. The summed E-state index contributed by atoms with van der Waals surface area (Å²) in [5, 5.41) is 8.78. The fourth-order valence-corrected chi connectivity index (χ4v) is 0.620. The monoisotopic (exact) mass is 126 g/mol. The number of hydrogen-bond acceptors (Lipinski definition) is 2. The first kappa shape index (κ1) is 6.13. The number of rotatable bonds is 1. The molecule has 1 rings (SSSR count). The number of aromatic amines is 1. The summed E-state index contributed by atoms with van der Waals surface area (Å²) in [7, 11) is 0. The Hall–Kier alpha value is -0.990. The van der Waals surface area contributed by atoms with E-state index < -0.39 is 0 Å². The first-order chi connectivity index (χ1) is 4.20. The van der Waals surface area contributed by atoms with Crippen molar-refractivity contribution < 1.29 is 5.11 Å². The first-order valence-electron chi connectivity index (χ1n) is 2.94. The van der Waals surface area contributed by atoms with Crippen molar-refractivity contribution in [2.45, 2.75) is 19.8 Å². The third kappa shape index (κ3) is 1.22. The zero-order valence-corrected chi connectivity index (χ0v) is 5.55. The van der Waals surface area contributed by atoms with Crippen molar-refractivity contribution in [2.75, 3.05) is 0 Å². The highest BCUT2D eigenvalue weighted by Gasteiger charge is 2.01. The molecule has 1 heterocycles. The lowest BCUT2D eigenvalue weighted by atomic mass is 10.2. The van der Waals surface area contributed by atoms with Crippen LogP contribution in [0.2, 0.25) is 0 Å². The van der Waals surface area contributed by atoms with Gasteiger partial charge in [0.25, 0.3) is 0 Å². The average molecular weight is 126 g/mol. The Morgan fingerprint density at radius 2 is 2.33 bits per heavy atom. The third-order valence-corrected chi connectivity index (χ3v) is 1.13. The molecule has 0 fully saturated rings. The van der Waals surface area contributed by atoms with Crippen LogP contribution >= 0.6 is 0 Å². The van der Waals surface area contributed by atoms with Crippen molar-refractivity contribution in [1.82, 2.24) is 9.97 Å². The smallest absolute Gasteiger partial charge is 0.208 e. The lowest BCUT2D eigenvalue weighted by molar-refractivity contribution is 0.454. The summed E-state index contributed by atoms with van der Waals surface area (Å²) in [5.74, 6) is 1.32. The van der Waals surface area contributed by atoms with Gasteiger partial charge in [-0.25, -0.2) is 4.98 Å². The van der Waals surface area contributed by atoms with Crippen molar-refractivity contribution in [1.29, 1.82) is 0 Å². The number of H-pyrrole nitrogens is 1. The molecule has 0 radical (unpaired) electrons. The summed E-state index contributed by atoms with van der Waals surface area (Å²) in [6.45, 7) is 4.02. The molecule has 0 unspecified atom stereocenters. The Morgan fingerprint density at radius 1 is 1.67 bits per heavy atom. The third-order valence-electron chi connectivity index (χ3n) is 1.13. The normalized spacial score (nSPS) is 10.6. The number of imidazole rings is 1. The maximum absolute atomic E-state index is 8.78. The van der Waals surface area contributed by atoms with Gasteiger partial charge in [0.2, 0.25) is 5.88 Å². The van der Waals surface area contributed by atoms with E-state index in [9.17, 15) is 0 Å². The standard InChI is InChI=1S/C6H10N2O/c1-4(2)6-7-3-5(9)8-6/h3-4,9H,1-2H3,(H,7,8). The van der Waals surface area contributed by atoms with Crippen LogP contribution in [0.4, 0.5) is 0 Å². The number of aromatic hydroxyl groups is 1. The van der Waals surface area contributed by atoms with E-state index >= 15 is 0 Å². The zero-order valence-electron chi connectivity index (χ0n) is 5.55.